The maximum atomic E-state index is 13.4. The number of benzene rings is 1. The highest BCUT2D eigenvalue weighted by Crippen LogP contribution is 2.21. The van der Waals surface area contributed by atoms with Crippen LogP contribution in [0.1, 0.15) is 29.0 Å². The van der Waals surface area contributed by atoms with Crippen LogP contribution >= 0.6 is 0 Å². The van der Waals surface area contributed by atoms with Crippen molar-refractivity contribution in [3.8, 4) is 0 Å². The van der Waals surface area contributed by atoms with Crippen LogP contribution in [-0.4, -0.2) is 48.9 Å². The van der Waals surface area contributed by atoms with Gasteiger partial charge in [-0.25, -0.2) is 14.1 Å². The molecule has 0 bridgehead atoms. The molecule has 0 unspecified atom stereocenters. The van der Waals surface area contributed by atoms with Crippen LogP contribution in [0.15, 0.2) is 29.1 Å². The summed E-state index contributed by atoms with van der Waals surface area (Å²) < 4.78 is 15.0. The minimum Gasteiger partial charge on any atom is -0.338 e. The van der Waals surface area contributed by atoms with Crippen molar-refractivity contribution < 1.29 is 9.18 Å². The van der Waals surface area contributed by atoms with Gasteiger partial charge in [-0.3, -0.25) is 9.59 Å². The molecule has 1 amide bonds. The third kappa shape index (κ3) is 3.44. The fraction of sp³-hybridized carbons (Fsp3) is 0.389. The molecule has 3 aromatic rings. The number of amides is 1. The standard InChI is InChI=1S/C18H19FN6O2/c1-11-20-16-15(17(26)21-11)22-23-25(16)10-12-4-3-7-24(9-12)18(27)13-5-2-6-14(19)8-13/h2,5-6,8,12H,3-4,7,9-10H2,1H3,(H,20,21,26)/t12-/m0/s1. The van der Waals surface area contributed by atoms with E-state index in [-0.39, 0.29) is 22.9 Å². The second-order valence-corrected chi connectivity index (χ2v) is 6.86. The van der Waals surface area contributed by atoms with Crippen LogP contribution in [0.5, 0.6) is 0 Å². The van der Waals surface area contributed by atoms with E-state index in [4.69, 9.17) is 0 Å². The highest BCUT2D eigenvalue weighted by atomic mass is 19.1. The lowest BCUT2D eigenvalue weighted by molar-refractivity contribution is 0.0659. The van der Waals surface area contributed by atoms with E-state index >= 15 is 0 Å². The Hall–Kier alpha value is -3.10. The summed E-state index contributed by atoms with van der Waals surface area (Å²) in [6, 6.07) is 5.74. The first-order valence-corrected chi connectivity index (χ1v) is 8.86. The largest absolute Gasteiger partial charge is 0.338 e. The van der Waals surface area contributed by atoms with Crippen LogP contribution in [0.25, 0.3) is 11.2 Å². The van der Waals surface area contributed by atoms with Crippen molar-refractivity contribution >= 4 is 17.1 Å². The van der Waals surface area contributed by atoms with E-state index in [2.05, 4.69) is 20.3 Å². The Morgan fingerprint density at radius 2 is 2.26 bits per heavy atom. The van der Waals surface area contributed by atoms with E-state index in [1.54, 1.807) is 22.6 Å². The van der Waals surface area contributed by atoms with Crippen molar-refractivity contribution in [1.29, 1.82) is 0 Å². The van der Waals surface area contributed by atoms with Gasteiger partial charge in [0, 0.05) is 25.2 Å². The Morgan fingerprint density at radius 3 is 3.07 bits per heavy atom. The number of carbonyl (C=O) groups excluding carboxylic acids is 1. The van der Waals surface area contributed by atoms with E-state index in [0.717, 1.165) is 12.8 Å². The van der Waals surface area contributed by atoms with Gasteiger partial charge in [-0.1, -0.05) is 11.3 Å². The number of H-pyrrole nitrogens is 1. The predicted octanol–water partition coefficient (Wildman–Crippen LogP) is 1.51. The predicted molar refractivity (Wildman–Crippen MR) is 95.7 cm³/mol. The summed E-state index contributed by atoms with van der Waals surface area (Å²) in [6.45, 7) is 3.40. The van der Waals surface area contributed by atoms with E-state index in [0.29, 0.717) is 36.7 Å². The van der Waals surface area contributed by atoms with E-state index in [1.807, 2.05) is 0 Å². The summed E-state index contributed by atoms with van der Waals surface area (Å²) in [5.74, 6) is 0.0633. The van der Waals surface area contributed by atoms with Gasteiger partial charge in [-0.2, -0.15) is 0 Å². The molecule has 0 aliphatic carbocycles. The molecule has 2 aromatic heterocycles. The third-order valence-electron chi connectivity index (χ3n) is 4.80. The maximum absolute atomic E-state index is 13.4. The summed E-state index contributed by atoms with van der Waals surface area (Å²) in [5, 5.41) is 7.98. The second kappa shape index (κ2) is 6.90. The molecule has 1 saturated heterocycles. The van der Waals surface area contributed by atoms with Crippen LogP contribution in [0, 0.1) is 18.7 Å². The molecule has 3 heterocycles. The van der Waals surface area contributed by atoms with Gasteiger partial charge in [-0.15, -0.1) is 5.10 Å². The smallest absolute Gasteiger partial charge is 0.281 e. The Bertz CT molecular complexity index is 1060. The zero-order valence-corrected chi connectivity index (χ0v) is 14.9. The number of hydrogen-bond donors (Lipinski definition) is 1. The summed E-state index contributed by atoms with van der Waals surface area (Å²) in [5.41, 5.74) is 0.704. The molecule has 0 radical (unpaired) electrons. The van der Waals surface area contributed by atoms with Crippen LogP contribution in [0.3, 0.4) is 0 Å². The number of rotatable bonds is 3. The molecule has 0 saturated carbocycles. The Balaban J connectivity index is 1.52. The first-order chi connectivity index (χ1) is 13.0. The number of likely N-dealkylation sites (tertiary alicyclic amines) is 1. The molecule has 4 rings (SSSR count). The molecule has 8 nitrogen and oxygen atoms in total. The van der Waals surface area contributed by atoms with E-state index < -0.39 is 5.82 Å². The molecule has 140 valence electrons. The second-order valence-electron chi connectivity index (χ2n) is 6.86. The summed E-state index contributed by atoms with van der Waals surface area (Å²) in [7, 11) is 0. The van der Waals surface area contributed by atoms with Gasteiger partial charge < -0.3 is 9.88 Å². The molecule has 1 aliphatic heterocycles. The minimum absolute atomic E-state index is 0.155. The molecule has 0 spiro atoms. The Morgan fingerprint density at radius 1 is 1.41 bits per heavy atom. The van der Waals surface area contributed by atoms with Crippen molar-refractivity contribution in [3.63, 3.8) is 0 Å². The number of piperidine rings is 1. The lowest BCUT2D eigenvalue weighted by Crippen LogP contribution is -2.41. The Labute approximate surface area is 154 Å². The van der Waals surface area contributed by atoms with Crippen molar-refractivity contribution in [3.05, 3.63) is 51.8 Å². The quantitative estimate of drug-likeness (QED) is 0.754. The normalized spacial score (nSPS) is 17.4. The lowest BCUT2D eigenvalue weighted by Gasteiger charge is -2.32. The first kappa shape index (κ1) is 17.3. The molecule has 1 aliphatic rings. The monoisotopic (exact) mass is 370 g/mol. The number of aromatic amines is 1. The van der Waals surface area contributed by atoms with Crippen molar-refractivity contribution in [1.82, 2.24) is 29.9 Å². The lowest BCUT2D eigenvalue weighted by atomic mass is 9.97. The van der Waals surface area contributed by atoms with Gasteiger partial charge in [0.15, 0.2) is 11.2 Å². The van der Waals surface area contributed by atoms with Crippen LogP contribution in [0.2, 0.25) is 0 Å². The third-order valence-corrected chi connectivity index (χ3v) is 4.80. The average molecular weight is 370 g/mol. The van der Waals surface area contributed by atoms with Gasteiger partial charge in [0.05, 0.1) is 0 Å². The SMILES string of the molecule is Cc1nc2c(nnn2C[C@H]2CCCN(C(=O)c3cccc(F)c3)C2)c(=O)[nH]1. The molecule has 9 heteroatoms. The maximum Gasteiger partial charge on any atom is 0.281 e. The fourth-order valence-electron chi connectivity index (χ4n) is 3.55. The average Bonchev–Trinajstić information content (AvgIpc) is 3.04. The summed E-state index contributed by atoms with van der Waals surface area (Å²) in [6.07, 6.45) is 1.78. The molecule has 1 fully saturated rings. The highest BCUT2D eigenvalue weighted by Gasteiger charge is 2.26. The molecular weight excluding hydrogens is 351 g/mol. The number of aryl methyl sites for hydroxylation is 1. The molecule has 1 atom stereocenters. The Kier molecular flexibility index (Phi) is 4.43. The number of halogens is 1. The number of hydrogen-bond acceptors (Lipinski definition) is 5. The number of nitrogens with zero attached hydrogens (tertiary/aromatic N) is 5. The number of carbonyl (C=O) groups is 1. The van der Waals surface area contributed by atoms with Gasteiger partial charge in [0.2, 0.25) is 0 Å². The van der Waals surface area contributed by atoms with Crippen molar-refractivity contribution in [2.45, 2.75) is 26.3 Å². The van der Waals surface area contributed by atoms with Crippen molar-refractivity contribution in [2.24, 2.45) is 5.92 Å². The zero-order chi connectivity index (χ0) is 19.0. The van der Waals surface area contributed by atoms with Gasteiger partial charge >= 0.3 is 0 Å². The van der Waals surface area contributed by atoms with Gasteiger partial charge in [-0.05, 0) is 43.9 Å². The molecule has 1 aromatic carbocycles. The summed E-state index contributed by atoms with van der Waals surface area (Å²) in [4.78, 5) is 33.3. The first-order valence-electron chi connectivity index (χ1n) is 8.86. The van der Waals surface area contributed by atoms with Gasteiger partial charge in [0.25, 0.3) is 11.5 Å². The van der Waals surface area contributed by atoms with E-state index in [9.17, 15) is 14.0 Å². The highest BCUT2D eigenvalue weighted by molar-refractivity contribution is 5.94. The number of nitrogens with one attached hydrogen (secondary N) is 1. The van der Waals surface area contributed by atoms with E-state index in [1.165, 1.54) is 18.2 Å². The summed E-state index contributed by atoms with van der Waals surface area (Å²) >= 11 is 0. The zero-order valence-electron chi connectivity index (χ0n) is 14.9. The molecule has 1 N–H and O–H groups in total. The van der Waals surface area contributed by atoms with Crippen LogP contribution < -0.4 is 5.56 Å². The van der Waals surface area contributed by atoms with Crippen molar-refractivity contribution in [2.75, 3.05) is 13.1 Å². The van der Waals surface area contributed by atoms with Crippen LogP contribution in [-0.2, 0) is 6.54 Å². The molecule has 27 heavy (non-hydrogen) atoms. The number of aromatic nitrogens is 5. The van der Waals surface area contributed by atoms with Gasteiger partial charge in [0.1, 0.15) is 11.6 Å². The topological polar surface area (TPSA) is 96.8 Å². The van der Waals surface area contributed by atoms with Crippen LogP contribution in [0.4, 0.5) is 4.39 Å². The minimum atomic E-state index is -0.421. The number of fused-ring (bicyclic) bond motifs is 1. The fourth-order valence-corrected chi connectivity index (χ4v) is 3.55. The molecular formula is C18H19FN6O2.